The van der Waals surface area contributed by atoms with Crippen molar-refractivity contribution in [3.8, 4) is 0 Å². The summed E-state index contributed by atoms with van der Waals surface area (Å²) in [7, 11) is -7.63. The molecule has 3 rings (SSSR count). The van der Waals surface area contributed by atoms with E-state index in [4.69, 9.17) is 17.2 Å². The van der Waals surface area contributed by atoms with Gasteiger partial charge in [0, 0.05) is 56.9 Å². The van der Waals surface area contributed by atoms with E-state index in [2.05, 4.69) is 13.6 Å². The minimum absolute atomic E-state index is 0. The van der Waals surface area contributed by atoms with Crippen molar-refractivity contribution >= 4 is 57.2 Å². The molecule has 3 atom stereocenters. The van der Waals surface area contributed by atoms with Gasteiger partial charge in [-0.3, -0.25) is 0 Å². The van der Waals surface area contributed by atoms with E-state index in [0.29, 0.717) is 33.8 Å². The van der Waals surface area contributed by atoms with E-state index in [1.807, 2.05) is 0 Å². The van der Waals surface area contributed by atoms with Crippen LogP contribution >= 0.6 is 22.8 Å². The van der Waals surface area contributed by atoms with Gasteiger partial charge in [0.15, 0.2) is 0 Å². The van der Waals surface area contributed by atoms with E-state index in [1.165, 1.54) is 0 Å². The van der Waals surface area contributed by atoms with Gasteiger partial charge >= 0.3 is 17.4 Å². The molecule has 6 N–H and O–H groups in total. The third-order valence-electron chi connectivity index (χ3n) is 4.90. The molecule has 0 fully saturated rings. The van der Waals surface area contributed by atoms with Crippen LogP contribution in [-0.2, 0) is 45.8 Å². The molecule has 3 unspecified atom stereocenters. The number of rotatable bonds is 9. The fourth-order valence-corrected chi connectivity index (χ4v) is 5.10. The van der Waals surface area contributed by atoms with Crippen LogP contribution in [0.3, 0.4) is 0 Å². The topological polar surface area (TPSA) is 226 Å². The molecular formula is C24H33AlN3O9P3. The predicted octanol–water partition coefficient (Wildman–Crippen LogP) is 2.52. The summed E-state index contributed by atoms with van der Waals surface area (Å²) in [6.07, 6.45) is -0.280. The third-order valence-corrected chi connectivity index (χ3v) is 8.83. The molecular weight excluding hydrogens is 594 g/mol. The van der Waals surface area contributed by atoms with Gasteiger partial charge in [0.25, 0.3) is 0 Å². The van der Waals surface area contributed by atoms with Gasteiger partial charge in [0.1, 0.15) is 22.8 Å². The Morgan fingerprint density at radius 1 is 0.500 bits per heavy atom. The summed E-state index contributed by atoms with van der Waals surface area (Å²) in [4.78, 5) is 33.1. The number of nitrogen functional groups attached to an aromatic ring is 3. The fraction of sp³-hybridized carbons (Fsp3) is 0.250. The van der Waals surface area contributed by atoms with Crippen molar-refractivity contribution in [3.05, 3.63) is 89.5 Å². The molecule has 0 aliphatic heterocycles. The first-order valence-electron chi connectivity index (χ1n) is 11.2. The number of hydrogen-bond acceptors (Lipinski definition) is 12. The van der Waals surface area contributed by atoms with Crippen molar-refractivity contribution < 1.29 is 41.9 Å². The van der Waals surface area contributed by atoms with Gasteiger partial charge < -0.3 is 59.1 Å². The van der Waals surface area contributed by atoms with Crippen molar-refractivity contribution in [3.63, 3.8) is 0 Å². The van der Waals surface area contributed by atoms with Gasteiger partial charge in [-0.25, -0.2) is 0 Å². The minimum atomic E-state index is -3.70. The summed E-state index contributed by atoms with van der Waals surface area (Å²) in [6.45, 7) is 0. The van der Waals surface area contributed by atoms with Crippen molar-refractivity contribution in [2.24, 2.45) is 0 Å². The van der Waals surface area contributed by atoms with E-state index in [0.717, 1.165) is 21.3 Å². The Hall–Kier alpha value is -1.96. The molecule has 3 aromatic rings. The maximum Gasteiger partial charge on any atom is 3.00 e. The number of benzene rings is 3. The Balaban J connectivity index is 0.000000563. The molecule has 0 aromatic heterocycles. The van der Waals surface area contributed by atoms with E-state index in [-0.39, 0.29) is 35.8 Å². The van der Waals surface area contributed by atoms with Crippen molar-refractivity contribution in [1.29, 1.82) is 0 Å². The van der Waals surface area contributed by atoms with Crippen molar-refractivity contribution in [2.45, 2.75) is 18.5 Å². The summed E-state index contributed by atoms with van der Waals surface area (Å²) in [5, 5.41) is 0. The second-order valence-corrected chi connectivity index (χ2v) is 13.8. The zero-order chi connectivity index (χ0) is 29.7. The Morgan fingerprint density at radius 2 is 0.675 bits per heavy atom. The third kappa shape index (κ3) is 16.3. The molecule has 0 radical (unpaired) electrons. The van der Waals surface area contributed by atoms with Gasteiger partial charge in [-0.05, 0) is 53.1 Å². The molecule has 0 saturated heterocycles. The summed E-state index contributed by atoms with van der Waals surface area (Å²) in [5.41, 5.74) is 20.2. The number of anilines is 3. The van der Waals surface area contributed by atoms with Gasteiger partial charge in [0.05, 0.1) is 0 Å². The quantitative estimate of drug-likeness (QED) is 0.177. The predicted molar refractivity (Wildman–Crippen MR) is 153 cm³/mol. The monoisotopic (exact) mass is 627 g/mol. The molecule has 0 spiro atoms. The van der Waals surface area contributed by atoms with Crippen LogP contribution in [0, 0.1) is 0 Å². The molecule has 40 heavy (non-hydrogen) atoms. The Bertz CT molecular complexity index is 1140. The van der Waals surface area contributed by atoms with Crippen LogP contribution in [-0.4, -0.2) is 38.7 Å². The molecule has 0 saturated carbocycles. The van der Waals surface area contributed by atoms with Gasteiger partial charge in [-0.15, -0.1) is 0 Å². The molecule has 3 aromatic carbocycles. The average Bonchev–Trinajstić information content (AvgIpc) is 2.89. The van der Waals surface area contributed by atoms with Crippen molar-refractivity contribution in [2.75, 3.05) is 38.5 Å². The molecule has 216 valence electrons. The van der Waals surface area contributed by atoms with Crippen LogP contribution in [0.2, 0.25) is 0 Å². The first-order chi connectivity index (χ1) is 18.1. The molecule has 0 bridgehead atoms. The summed E-state index contributed by atoms with van der Waals surface area (Å²) in [5.74, 6) is 0. The van der Waals surface area contributed by atoms with Gasteiger partial charge in [-0.2, -0.15) is 0 Å². The van der Waals surface area contributed by atoms with E-state index < -0.39 is 22.8 Å². The van der Waals surface area contributed by atoms with E-state index >= 15 is 0 Å². The summed E-state index contributed by atoms with van der Waals surface area (Å²) >= 11 is 0. The Labute approximate surface area is 245 Å². The SMILES string of the molecule is COP(=O)([O-])Cc1ccc(N)cc1.COP(=O)([O-])Cc1ccc(N)cc1.COP(=O)([O-])Cc1ccc(N)cc1.[Al+3]. The fourth-order valence-electron chi connectivity index (χ4n) is 2.73. The number of hydrogen-bond donors (Lipinski definition) is 3. The minimum Gasteiger partial charge on any atom is -0.778 e. The standard InChI is InChI=1S/3C8H12NO3P.Al/c3*1-12-13(10,11)6-7-2-4-8(9)5-3-7;/h3*2-5H,6,9H2,1H3,(H,10,11);/q;;;+3/p-3. The molecule has 16 heteroatoms. The molecule has 0 aliphatic rings. The largest absolute Gasteiger partial charge is 3.00 e. The number of nitrogens with two attached hydrogens (primary N) is 3. The molecule has 0 aliphatic carbocycles. The second kappa shape index (κ2) is 17.8. The molecule has 0 amide bonds. The zero-order valence-corrected chi connectivity index (χ0v) is 26.2. The van der Waals surface area contributed by atoms with E-state index in [1.54, 1.807) is 72.8 Å². The smallest absolute Gasteiger partial charge is 0.778 e. The van der Waals surface area contributed by atoms with Crippen molar-refractivity contribution in [1.82, 2.24) is 0 Å². The first kappa shape index (κ1) is 38.0. The Kier molecular flexibility index (Phi) is 16.9. The molecule has 12 nitrogen and oxygen atoms in total. The van der Waals surface area contributed by atoms with Crippen LogP contribution in [0.5, 0.6) is 0 Å². The van der Waals surface area contributed by atoms with Gasteiger partial charge in [-0.1, -0.05) is 36.4 Å². The zero-order valence-electron chi connectivity index (χ0n) is 22.4. The molecule has 0 heterocycles. The normalized spacial score (nSPS) is 14.8. The summed E-state index contributed by atoms with van der Waals surface area (Å²) in [6, 6.07) is 19.9. The maximum atomic E-state index is 11.0. The van der Waals surface area contributed by atoms with Crippen LogP contribution in [0.25, 0.3) is 0 Å². The Morgan fingerprint density at radius 3 is 0.825 bits per heavy atom. The van der Waals surface area contributed by atoms with Crippen LogP contribution < -0.4 is 31.9 Å². The average molecular weight is 627 g/mol. The summed E-state index contributed by atoms with van der Waals surface area (Å²) < 4.78 is 46.1. The van der Waals surface area contributed by atoms with Crippen LogP contribution in [0.15, 0.2) is 72.8 Å². The van der Waals surface area contributed by atoms with E-state index in [9.17, 15) is 28.4 Å². The first-order valence-corrected chi connectivity index (χ1v) is 16.4. The van der Waals surface area contributed by atoms with Crippen LogP contribution in [0.1, 0.15) is 16.7 Å². The van der Waals surface area contributed by atoms with Gasteiger partial charge in [0.2, 0.25) is 0 Å². The van der Waals surface area contributed by atoms with Crippen LogP contribution in [0.4, 0.5) is 17.1 Å². The second-order valence-electron chi connectivity index (χ2n) is 8.08. The maximum absolute atomic E-state index is 11.0.